The van der Waals surface area contributed by atoms with Gasteiger partial charge in [0.25, 0.3) is 0 Å². The van der Waals surface area contributed by atoms with Crippen LogP contribution in [0.25, 0.3) is 11.3 Å². The lowest BCUT2D eigenvalue weighted by molar-refractivity contribution is -0.138. The molecule has 0 spiro atoms. The molecule has 45 heavy (non-hydrogen) atoms. The first-order valence-electron chi connectivity index (χ1n) is 15.3. The minimum atomic E-state index is -0.791. The van der Waals surface area contributed by atoms with Gasteiger partial charge < -0.3 is 14.7 Å². The molecule has 2 aliphatic heterocycles. The number of carboxylic acid groups (broad SMARTS) is 1. The van der Waals surface area contributed by atoms with Crippen LogP contribution in [-0.4, -0.2) is 97.4 Å². The molecule has 2 aromatic heterocycles. The third-order valence-corrected chi connectivity index (χ3v) is 10.3. The lowest BCUT2D eigenvalue weighted by Crippen LogP contribution is -2.47. The van der Waals surface area contributed by atoms with Crippen molar-refractivity contribution in [3.63, 3.8) is 0 Å². The van der Waals surface area contributed by atoms with Crippen LogP contribution in [0.3, 0.4) is 0 Å². The molecule has 4 heterocycles. The van der Waals surface area contributed by atoms with E-state index in [9.17, 15) is 9.00 Å². The highest BCUT2D eigenvalue weighted by Gasteiger charge is 2.23. The zero-order valence-corrected chi connectivity index (χ0v) is 28.0. The monoisotopic (exact) mass is 674 g/mol. The highest BCUT2D eigenvalue weighted by molar-refractivity contribution is 7.84. The third-order valence-electron chi connectivity index (χ3n) is 8.51. The quantitative estimate of drug-likeness (QED) is 0.260. The van der Waals surface area contributed by atoms with Crippen molar-refractivity contribution in [3.8, 4) is 22.9 Å². The van der Waals surface area contributed by atoms with Gasteiger partial charge in [0.1, 0.15) is 0 Å². The van der Waals surface area contributed by atoms with Gasteiger partial charge in [0.2, 0.25) is 11.8 Å². The molecule has 2 fully saturated rings. The second-order valence-corrected chi connectivity index (χ2v) is 14.6. The number of ether oxygens (including phenoxy) is 1. The molecular formula is C32H40Cl2N6O4S. The van der Waals surface area contributed by atoms with Crippen LogP contribution in [0.5, 0.6) is 11.6 Å². The number of rotatable bonds is 12. The van der Waals surface area contributed by atoms with Crippen LogP contribution in [0, 0.1) is 5.92 Å². The van der Waals surface area contributed by atoms with E-state index in [4.69, 9.17) is 38.0 Å². The van der Waals surface area contributed by atoms with Crippen LogP contribution in [0.2, 0.25) is 10.0 Å². The molecule has 2 saturated heterocycles. The maximum Gasteiger partial charge on any atom is 0.303 e. The summed E-state index contributed by atoms with van der Waals surface area (Å²) in [6.45, 7) is 8.80. The maximum atomic E-state index is 11.7. The average molecular weight is 676 g/mol. The molecule has 0 bridgehead atoms. The summed E-state index contributed by atoms with van der Waals surface area (Å²) in [4.78, 5) is 32.0. The summed E-state index contributed by atoms with van der Waals surface area (Å²) in [5.74, 6) is 1.03. The normalized spacial score (nSPS) is 18.1. The summed E-state index contributed by atoms with van der Waals surface area (Å²) in [5.41, 5.74) is 2.47. The van der Waals surface area contributed by atoms with Gasteiger partial charge in [-0.15, -0.1) is 0 Å². The fourth-order valence-electron chi connectivity index (χ4n) is 5.75. The van der Waals surface area contributed by atoms with E-state index in [0.29, 0.717) is 39.9 Å². The molecule has 242 valence electrons. The van der Waals surface area contributed by atoms with Gasteiger partial charge in [0, 0.05) is 83.1 Å². The van der Waals surface area contributed by atoms with E-state index in [1.165, 1.54) is 0 Å². The smallest absolute Gasteiger partial charge is 0.303 e. The molecule has 0 aliphatic carbocycles. The fourth-order valence-corrected chi connectivity index (χ4v) is 6.72. The van der Waals surface area contributed by atoms with Crippen LogP contribution >= 0.6 is 23.2 Å². The van der Waals surface area contributed by atoms with Crippen LogP contribution in [-0.2, 0) is 22.1 Å². The lowest BCUT2D eigenvalue weighted by atomic mass is 9.93. The summed E-state index contributed by atoms with van der Waals surface area (Å²) >= 11 is 12.6. The van der Waals surface area contributed by atoms with Gasteiger partial charge in [0.15, 0.2) is 5.75 Å². The number of carboxylic acids is 1. The SMILES string of the molecule is CC(CCN1CCN(c2ncc(Oc3cc(CN4CCC(CC(=O)O)CC4)cc(-c4cc(Cl)cc(Cl)c4)n3)cn2)CC1)S(C)=O. The molecule has 1 N–H and O–H groups in total. The Bertz CT molecular complexity index is 1460. The van der Waals surface area contributed by atoms with Crippen LogP contribution in [0.4, 0.5) is 5.95 Å². The fraction of sp³-hybridized carbons (Fsp3) is 0.500. The number of nitrogens with zero attached hydrogens (tertiary/aromatic N) is 6. The van der Waals surface area contributed by atoms with E-state index >= 15 is 0 Å². The van der Waals surface area contributed by atoms with Gasteiger partial charge in [-0.2, -0.15) is 0 Å². The first-order valence-corrected chi connectivity index (χ1v) is 17.7. The topological polar surface area (TPSA) is 112 Å². The molecule has 5 rings (SSSR count). The Morgan fingerprint density at radius 2 is 1.67 bits per heavy atom. The van der Waals surface area contributed by atoms with E-state index in [1.807, 2.05) is 31.2 Å². The molecule has 0 amide bonds. The van der Waals surface area contributed by atoms with E-state index in [1.54, 1.807) is 24.7 Å². The van der Waals surface area contributed by atoms with Gasteiger partial charge in [-0.1, -0.05) is 30.1 Å². The number of anilines is 1. The van der Waals surface area contributed by atoms with Crippen molar-refractivity contribution in [1.29, 1.82) is 0 Å². The Kier molecular flexibility index (Phi) is 11.7. The van der Waals surface area contributed by atoms with Crippen LogP contribution in [0.1, 0.15) is 38.2 Å². The van der Waals surface area contributed by atoms with Crippen molar-refractivity contribution in [2.24, 2.45) is 5.92 Å². The van der Waals surface area contributed by atoms with Gasteiger partial charge >= 0.3 is 5.97 Å². The molecule has 0 saturated carbocycles. The first kappa shape index (κ1) is 33.5. The molecular weight excluding hydrogens is 635 g/mol. The standard InChI is InChI=1S/C32H40Cl2N6O4S/c1-22(45(2)43)3-6-38-9-11-40(12-10-38)32-35-19-28(20-36-32)44-30-14-24(21-39-7-4-23(5-8-39)15-31(41)42)13-29(37-30)25-16-26(33)18-27(34)17-25/h13-14,16-20,22-23H,3-12,15,21H2,1-2H3,(H,41,42). The minimum Gasteiger partial charge on any atom is -0.481 e. The van der Waals surface area contributed by atoms with Gasteiger partial charge in [-0.05, 0) is 74.6 Å². The number of likely N-dealkylation sites (tertiary alicyclic amines) is 1. The Hall–Kier alpha value is -2.83. The first-order chi connectivity index (χ1) is 21.6. The molecule has 3 aromatic rings. The number of hydrogen-bond donors (Lipinski definition) is 1. The second-order valence-electron chi connectivity index (χ2n) is 11.9. The largest absolute Gasteiger partial charge is 0.481 e. The average Bonchev–Trinajstić information content (AvgIpc) is 3.00. The number of benzene rings is 1. The highest BCUT2D eigenvalue weighted by Crippen LogP contribution is 2.31. The zero-order valence-electron chi connectivity index (χ0n) is 25.7. The number of piperidine rings is 1. The number of aromatic nitrogens is 3. The second kappa shape index (κ2) is 15.6. The van der Waals surface area contributed by atoms with Crippen molar-refractivity contribution in [2.45, 2.75) is 44.4 Å². The molecule has 13 heteroatoms. The summed E-state index contributed by atoms with van der Waals surface area (Å²) in [7, 11) is -0.791. The third kappa shape index (κ3) is 9.83. The van der Waals surface area contributed by atoms with Gasteiger partial charge in [-0.3, -0.25) is 18.8 Å². The Morgan fingerprint density at radius 3 is 2.29 bits per heavy atom. The predicted molar refractivity (Wildman–Crippen MR) is 179 cm³/mol. The van der Waals surface area contributed by atoms with Crippen molar-refractivity contribution < 1.29 is 18.8 Å². The minimum absolute atomic E-state index is 0.205. The Balaban J connectivity index is 1.25. The molecule has 2 unspecified atom stereocenters. The van der Waals surface area contributed by atoms with Crippen molar-refractivity contribution in [1.82, 2.24) is 24.8 Å². The van der Waals surface area contributed by atoms with Crippen molar-refractivity contribution in [2.75, 3.05) is 57.0 Å². The molecule has 10 nitrogen and oxygen atoms in total. The van der Waals surface area contributed by atoms with Gasteiger partial charge in [0.05, 0.1) is 18.1 Å². The van der Waals surface area contributed by atoms with Gasteiger partial charge in [-0.25, -0.2) is 15.0 Å². The van der Waals surface area contributed by atoms with E-state index < -0.39 is 16.8 Å². The maximum absolute atomic E-state index is 11.7. The number of pyridine rings is 1. The summed E-state index contributed by atoms with van der Waals surface area (Å²) in [6, 6.07) is 9.26. The number of halogens is 2. The Morgan fingerprint density at radius 1 is 1.00 bits per heavy atom. The number of aliphatic carboxylic acids is 1. The van der Waals surface area contributed by atoms with E-state index in [-0.39, 0.29) is 17.6 Å². The van der Waals surface area contributed by atoms with E-state index in [2.05, 4.69) is 24.7 Å². The predicted octanol–water partition coefficient (Wildman–Crippen LogP) is 5.60. The summed E-state index contributed by atoms with van der Waals surface area (Å²) < 4.78 is 17.9. The van der Waals surface area contributed by atoms with Crippen molar-refractivity contribution in [3.05, 3.63) is 58.3 Å². The van der Waals surface area contributed by atoms with Crippen molar-refractivity contribution >= 4 is 45.9 Å². The molecule has 2 atom stereocenters. The van der Waals surface area contributed by atoms with E-state index in [0.717, 1.165) is 76.2 Å². The number of carbonyl (C=O) groups is 1. The zero-order chi connectivity index (χ0) is 31.9. The molecule has 0 radical (unpaired) electrons. The van der Waals surface area contributed by atoms with Crippen LogP contribution in [0.15, 0.2) is 42.7 Å². The molecule has 1 aromatic carbocycles. The summed E-state index contributed by atoms with van der Waals surface area (Å²) in [6.07, 6.45) is 7.98. The lowest BCUT2D eigenvalue weighted by Gasteiger charge is -2.35. The number of hydrogen-bond acceptors (Lipinski definition) is 9. The summed E-state index contributed by atoms with van der Waals surface area (Å²) in [5, 5.41) is 10.4. The number of piperazine rings is 1. The highest BCUT2D eigenvalue weighted by atomic mass is 35.5. The molecule has 2 aliphatic rings. The Labute approximate surface area is 277 Å². The van der Waals surface area contributed by atoms with Crippen LogP contribution < -0.4 is 9.64 Å².